The van der Waals surface area contributed by atoms with Gasteiger partial charge in [-0.2, -0.15) is 0 Å². The van der Waals surface area contributed by atoms with Crippen molar-refractivity contribution in [2.45, 2.75) is 19.3 Å². The van der Waals surface area contributed by atoms with Crippen molar-refractivity contribution in [3.63, 3.8) is 0 Å². The first-order valence-electron chi connectivity index (χ1n) is 10.4. The standard InChI is InChI=1S/C26H24N4O2/c1-18(12-23-16-28-17-25(29-23)20-7-4-10-24(14-20)32-2)19-6-3-9-22(13-19)30-26(31)21-8-5-11-27-15-21/h3-11,13-18H,12H2,1-2H3,(H,30,31)/t18-/m1/s1. The van der Waals surface area contributed by atoms with E-state index in [2.05, 4.69) is 28.3 Å². The summed E-state index contributed by atoms with van der Waals surface area (Å²) in [7, 11) is 1.65. The first kappa shape index (κ1) is 21.2. The molecule has 0 saturated carbocycles. The largest absolute Gasteiger partial charge is 0.497 e. The maximum atomic E-state index is 12.4. The second kappa shape index (κ2) is 9.83. The Morgan fingerprint density at radius 1 is 1.00 bits per heavy atom. The molecule has 0 aliphatic heterocycles. The molecule has 0 fully saturated rings. The summed E-state index contributed by atoms with van der Waals surface area (Å²) in [5.41, 5.74) is 5.07. The van der Waals surface area contributed by atoms with Crippen LogP contribution < -0.4 is 10.1 Å². The zero-order chi connectivity index (χ0) is 22.3. The SMILES string of the molecule is COc1cccc(-c2cncc(C[C@@H](C)c3cccc(NC(=O)c4cccnc4)c3)n2)c1. The van der Waals surface area contributed by atoms with Crippen LogP contribution in [-0.4, -0.2) is 28.0 Å². The van der Waals surface area contributed by atoms with E-state index in [0.29, 0.717) is 5.56 Å². The molecule has 1 amide bonds. The average molecular weight is 425 g/mol. The van der Waals surface area contributed by atoms with Crippen LogP contribution in [0.1, 0.15) is 34.5 Å². The molecule has 0 bridgehead atoms. The van der Waals surface area contributed by atoms with Crippen molar-refractivity contribution >= 4 is 11.6 Å². The minimum atomic E-state index is -0.181. The second-order valence-electron chi connectivity index (χ2n) is 7.55. The number of rotatable bonds is 7. The number of benzene rings is 2. The molecule has 2 aromatic carbocycles. The number of amides is 1. The summed E-state index contributed by atoms with van der Waals surface area (Å²) in [5, 5.41) is 2.94. The molecule has 4 rings (SSSR count). The maximum Gasteiger partial charge on any atom is 0.257 e. The highest BCUT2D eigenvalue weighted by Crippen LogP contribution is 2.25. The van der Waals surface area contributed by atoms with Gasteiger partial charge < -0.3 is 10.1 Å². The normalized spacial score (nSPS) is 11.6. The predicted molar refractivity (Wildman–Crippen MR) is 125 cm³/mol. The Morgan fingerprint density at radius 2 is 1.88 bits per heavy atom. The summed E-state index contributed by atoms with van der Waals surface area (Å²) in [4.78, 5) is 25.6. The molecule has 160 valence electrons. The van der Waals surface area contributed by atoms with Crippen molar-refractivity contribution in [3.8, 4) is 17.0 Å². The Hall–Kier alpha value is -4.06. The smallest absolute Gasteiger partial charge is 0.257 e. The van der Waals surface area contributed by atoms with Gasteiger partial charge in [-0.25, -0.2) is 4.98 Å². The Bertz CT molecular complexity index is 1210. The lowest BCUT2D eigenvalue weighted by Gasteiger charge is -2.14. The highest BCUT2D eigenvalue weighted by Gasteiger charge is 2.12. The molecule has 0 aliphatic carbocycles. The molecular formula is C26H24N4O2. The average Bonchev–Trinajstić information content (AvgIpc) is 2.85. The number of aromatic nitrogens is 3. The number of ether oxygens (including phenoxy) is 1. The zero-order valence-corrected chi connectivity index (χ0v) is 18.0. The van der Waals surface area contributed by atoms with Crippen LogP contribution in [0.15, 0.2) is 85.5 Å². The van der Waals surface area contributed by atoms with E-state index in [1.807, 2.05) is 42.5 Å². The molecule has 6 heteroatoms. The molecule has 0 unspecified atom stereocenters. The molecule has 0 spiro atoms. The molecule has 32 heavy (non-hydrogen) atoms. The monoisotopic (exact) mass is 424 g/mol. The van der Waals surface area contributed by atoms with E-state index in [1.54, 1.807) is 44.0 Å². The van der Waals surface area contributed by atoms with Crippen LogP contribution in [0, 0.1) is 0 Å². The lowest BCUT2D eigenvalue weighted by atomic mass is 9.96. The first-order valence-corrected chi connectivity index (χ1v) is 10.4. The zero-order valence-electron chi connectivity index (χ0n) is 18.0. The van der Waals surface area contributed by atoms with Gasteiger partial charge in [-0.1, -0.05) is 31.2 Å². The molecule has 1 N–H and O–H groups in total. The number of hydrogen-bond donors (Lipinski definition) is 1. The van der Waals surface area contributed by atoms with Crippen molar-refractivity contribution in [1.29, 1.82) is 0 Å². The van der Waals surface area contributed by atoms with Gasteiger partial charge in [-0.3, -0.25) is 14.8 Å². The second-order valence-corrected chi connectivity index (χ2v) is 7.55. The van der Waals surface area contributed by atoms with Crippen LogP contribution in [0.5, 0.6) is 5.75 Å². The van der Waals surface area contributed by atoms with Gasteiger partial charge >= 0.3 is 0 Å². The number of nitrogens with zero attached hydrogens (tertiary/aromatic N) is 3. The molecular weight excluding hydrogens is 400 g/mol. The maximum absolute atomic E-state index is 12.4. The lowest BCUT2D eigenvalue weighted by molar-refractivity contribution is 0.102. The van der Waals surface area contributed by atoms with E-state index in [-0.39, 0.29) is 11.8 Å². The number of carbonyl (C=O) groups excluding carboxylic acids is 1. The summed E-state index contributed by atoms with van der Waals surface area (Å²) in [6.07, 6.45) is 7.48. The van der Waals surface area contributed by atoms with Crippen molar-refractivity contribution in [3.05, 3.63) is 102 Å². The highest BCUT2D eigenvalue weighted by molar-refractivity contribution is 6.04. The molecule has 2 aromatic heterocycles. The van der Waals surface area contributed by atoms with Crippen LogP contribution in [0.2, 0.25) is 0 Å². The number of carbonyl (C=O) groups is 1. The summed E-state index contributed by atoms with van der Waals surface area (Å²) >= 11 is 0. The third kappa shape index (κ3) is 5.16. The van der Waals surface area contributed by atoms with E-state index >= 15 is 0 Å². The van der Waals surface area contributed by atoms with E-state index < -0.39 is 0 Å². The summed E-state index contributed by atoms with van der Waals surface area (Å²) in [6, 6.07) is 19.2. The molecule has 0 aliphatic rings. The molecule has 0 radical (unpaired) electrons. The van der Waals surface area contributed by atoms with Crippen molar-refractivity contribution < 1.29 is 9.53 Å². The molecule has 2 heterocycles. The van der Waals surface area contributed by atoms with Crippen molar-refractivity contribution in [1.82, 2.24) is 15.0 Å². The van der Waals surface area contributed by atoms with Gasteiger partial charge in [0.15, 0.2) is 0 Å². The first-order chi connectivity index (χ1) is 15.6. The third-order valence-corrected chi connectivity index (χ3v) is 5.20. The van der Waals surface area contributed by atoms with Gasteiger partial charge in [0, 0.05) is 29.8 Å². The van der Waals surface area contributed by atoms with Crippen LogP contribution in [0.3, 0.4) is 0 Å². The fourth-order valence-electron chi connectivity index (χ4n) is 3.48. The number of pyridine rings is 1. The summed E-state index contributed by atoms with van der Waals surface area (Å²) < 4.78 is 5.31. The molecule has 0 saturated heterocycles. The minimum absolute atomic E-state index is 0.181. The number of anilines is 1. The minimum Gasteiger partial charge on any atom is -0.497 e. The topological polar surface area (TPSA) is 77.0 Å². The van der Waals surface area contributed by atoms with E-state index in [9.17, 15) is 4.79 Å². The highest BCUT2D eigenvalue weighted by atomic mass is 16.5. The van der Waals surface area contributed by atoms with Gasteiger partial charge in [0.25, 0.3) is 5.91 Å². The van der Waals surface area contributed by atoms with Gasteiger partial charge in [-0.05, 0) is 54.3 Å². The van der Waals surface area contributed by atoms with E-state index in [4.69, 9.17) is 9.72 Å². The van der Waals surface area contributed by atoms with Gasteiger partial charge in [0.1, 0.15) is 5.75 Å². The van der Waals surface area contributed by atoms with Crippen LogP contribution >= 0.6 is 0 Å². The Balaban J connectivity index is 1.48. The van der Waals surface area contributed by atoms with Crippen molar-refractivity contribution in [2.24, 2.45) is 0 Å². The third-order valence-electron chi connectivity index (χ3n) is 5.20. The van der Waals surface area contributed by atoms with Gasteiger partial charge in [-0.15, -0.1) is 0 Å². The van der Waals surface area contributed by atoms with Gasteiger partial charge in [0.2, 0.25) is 0 Å². The van der Waals surface area contributed by atoms with E-state index in [0.717, 1.165) is 40.4 Å². The lowest BCUT2D eigenvalue weighted by Crippen LogP contribution is -2.12. The summed E-state index contributed by atoms with van der Waals surface area (Å²) in [5.74, 6) is 0.799. The molecule has 6 nitrogen and oxygen atoms in total. The predicted octanol–water partition coefficient (Wildman–Crippen LogP) is 5.15. The van der Waals surface area contributed by atoms with Crippen molar-refractivity contribution in [2.75, 3.05) is 12.4 Å². The Morgan fingerprint density at radius 3 is 2.69 bits per heavy atom. The molecule has 1 atom stereocenters. The van der Waals surface area contributed by atoms with Crippen LogP contribution in [-0.2, 0) is 6.42 Å². The Labute approximate surface area is 187 Å². The number of nitrogens with one attached hydrogen (secondary N) is 1. The summed E-state index contributed by atoms with van der Waals surface area (Å²) in [6.45, 7) is 2.14. The fraction of sp³-hybridized carbons (Fsp3) is 0.154. The number of methoxy groups -OCH3 is 1. The quantitative estimate of drug-likeness (QED) is 0.444. The number of hydrogen-bond acceptors (Lipinski definition) is 5. The molecule has 4 aromatic rings. The Kier molecular flexibility index (Phi) is 6.51. The van der Waals surface area contributed by atoms with Crippen LogP contribution in [0.25, 0.3) is 11.3 Å². The fourth-order valence-corrected chi connectivity index (χ4v) is 3.48. The van der Waals surface area contributed by atoms with E-state index in [1.165, 1.54) is 0 Å². The van der Waals surface area contributed by atoms with Crippen LogP contribution in [0.4, 0.5) is 5.69 Å². The van der Waals surface area contributed by atoms with Gasteiger partial charge in [0.05, 0.1) is 30.3 Å².